The molecular weight excluding hydrogens is 286 g/mol. The summed E-state index contributed by atoms with van der Waals surface area (Å²) >= 11 is 0. The number of hydrogen-bond donors (Lipinski definition) is 2. The molecule has 0 radical (unpaired) electrons. The number of hydrogen-bond acceptors (Lipinski definition) is 6. The zero-order valence-electron chi connectivity index (χ0n) is 13.2. The van der Waals surface area contributed by atoms with Gasteiger partial charge in [-0.15, -0.1) is 0 Å². The Bertz CT molecular complexity index is 446. The third kappa shape index (κ3) is 4.06. The normalized spacial score (nSPS) is 29.6. The van der Waals surface area contributed by atoms with Crippen molar-refractivity contribution in [2.24, 2.45) is 5.73 Å². The molecule has 2 aliphatic rings. The molecule has 0 aromatic rings. The number of morpholine rings is 1. The largest absolute Gasteiger partial charge is 0.463 e. The van der Waals surface area contributed by atoms with Crippen molar-refractivity contribution in [2.45, 2.75) is 38.4 Å². The molecule has 1 heterocycles. The van der Waals surface area contributed by atoms with Crippen LogP contribution in [0.5, 0.6) is 0 Å². The summed E-state index contributed by atoms with van der Waals surface area (Å²) in [7, 11) is 0. The molecule has 1 aliphatic heterocycles. The van der Waals surface area contributed by atoms with Gasteiger partial charge in [0.15, 0.2) is 0 Å². The highest BCUT2D eigenvalue weighted by atomic mass is 16.5. The van der Waals surface area contributed by atoms with Crippen LogP contribution in [0.2, 0.25) is 0 Å². The Balaban J connectivity index is 2.23. The predicted molar refractivity (Wildman–Crippen MR) is 81.1 cm³/mol. The molecule has 1 amide bonds. The third-order valence-electron chi connectivity index (χ3n) is 4.03. The smallest absolute Gasteiger partial charge is 0.333 e. The van der Waals surface area contributed by atoms with E-state index in [0.29, 0.717) is 31.8 Å². The second kappa shape index (κ2) is 7.71. The topological polar surface area (TPSA) is 93.9 Å². The SMILES string of the molecule is CCOC(=O)C1=C[C@@H](N2CCOCC2)[C@H](NC(C)=O)[C@@H](N)C1. The lowest BCUT2D eigenvalue weighted by Crippen LogP contribution is -2.62. The molecule has 3 atom stereocenters. The molecule has 1 aliphatic carbocycles. The lowest BCUT2D eigenvalue weighted by Gasteiger charge is -2.42. The summed E-state index contributed by atoms with van der Waals surface area (Å²) in [5, 5.41) is 2.93. The Morgan fingerprint density at radius 1 is 1.45 bits per heavy atom. The second-order valence-electron chi connectivity index (χ2n) is 5.65. The van der Waals surface area contributed by atoms with Crippen LogP contribution in [0.25, 0.3) is 0 Å². The molecule has 1 fully saturated rings. The van der Waals surface area contributed by atoms with E-state index in [9.17, 15) is 9.59 Å². The number of nitrogens with two attached hydrogens (primary N) is 1. The molecule has 124 valence electrons. The van der Waals surface area contributed by atoms with Gasteiger partial charge in [-0.1, -0.05) is 6.08 Å². The maximum Gasteiger partial charge on any atom is 0.333 e. The average Bonchev–Trinajstić information content (AvgIpc) is 2.49. The van der Waals surface area contributed by atoms with E-state index in [4.69, 9.17) is 15.2 Å². The van der Waals surface area contributed by atoms with Crippen molar-refractivity contribution in [2.75, 3.05) is 32.9 Å². The van der Waals surface area contributed by atoms with Gasteiger partial charge in [-0.25, -0.2) is 4.79 Å². The summed E-state index contributed by atoms with van der Waals surface area (Å²) in [5.41, 5.74) is 6.82. The van der Waals surface area contributed by atoms with Crippen molar-refractivity contribution in [3.8, 4) is 0 Å². The van der Waals surface area contributed by atoms with Crippen LogP contribution in [0.3, 0.4) is 0 Å². The van der Waals surface area contributed by atoms with Gasteiger partial charge >= 0.3 is 5.97 Å². The van der Waals surface area contributed by atoms with Crippen LogP contribution in [0, 0.1) is 0 Å². The van der Waals surface area contributed by atoms with Crippen LogP contribution in [-0.4, -0.2) is 67.8 Å². The first-order valence-corrected chi connectivity index (χ1v) is 7.75. The second-order valence-corrected chi connectivity index (χ2v) is 5.65. The van der Waals surface area contributed by atoms with Gasteiger partial charge in [-0.05, 0) is 13.3 Å². The summed E-state index contributed by atoms with van der Waals surface area (Å²) in [4.78, 5) is 25.7. The van der Waals surface area contributed by atoms with Crippen molar-refractivity contribution in [3.63, 3.8) is 0 Å². The van der Waals surface area contributed by atoms with Crippen molar-refractivity contribution in [3.05, 3.63) is 11.6 Å². The minimum Gasteiger partial charge on any atom is -0.463 e. The first-order valence-electron chi connectivity index (χ1n) is 7.75. The minimum atomic E-state index is -0.322. The van der Waals surface area contributed by atoms with Crippen LogP contribution in [0.15, 0.2) is 11.6 Å². The fourth-order valence-electron chi connectivity index (χ4n) is 3.02. The summed E-state index contributed by atoms with van der Waals surface area (Å²) in [6.45, 7) is 6.37. The number of nitrogens with zero attached hydrogens (tertiary/aromatic N) is 1. The molecule has 1 saturated heterocycles. The standard InChI is InChI=1S/C15H25N3O4/c1-3-22-15(20)11-8-12(16)14(17-10(2)19)13(9-11)18-4-6-21-7-5-18/h9,12-14H,3-8,16H2,1-2H3,(H,17,19)/t12-,13+,14+/m0/s1. The molecule has 2 rings (SSSR count). The monoisotopic (exact) mass is 311 g/mol. The molecule has 7 heteroatoms. The van der Waals surface area contributed by atoms with Crippen LogP contribution in [0.1, 0.15) is 20.3 Å². The molecule has 0 unspecified atom stereocenters. The lowest BCUT2D eigenvalue weighted by atomic mass is 9.85. The number of esters is 1. The van der Waals surface area contributed by atoms with Crippen molar-refractivity contribution < 1.29 is 19.1 Å². The van der Waals surface area contributed by atoms with Gasteiger partial charge < -0.3 is 20.5 Å². The third-order valence-corrected chi connectivity index (χ3v) is 4.03. The fraction of sp³-hybridized carbons (Fsp3) is 0.733. The number of nitrogens with one attached hydrogen (secondary N) is 1. The van der Waals surface area contributed by atoms with Gasteiger partial charge in [0.25, 0.3) is 0 Å². The number of ether oxygens (including phenoxy) is 2. The number of amides is 1. The zero-order valence-corrected chi connectivity index (χ0v) is 13.2. The van der Waals surface area contributed by atoms with E-state index in [2.05, 4.69) is 10.2 Å². The van der Waals surface area contributed by atoms with Crippen molar-refractivity contribution in [1.82, 2.24) is 10.2 Å². The number of rotatable bonds is 4. The van der Waals surface area contributed by atoms with Crippen molar-refractivity contribution in [1.29, 1.82) is 0 Å². The van der Waals surface area contributed by atoms with Gasteiger partial charge in [0.05, 0.1) is 31.9 Å². The predicted octanol–water partition coefficient (Wildman–Crippen LogP) is -0.588. The molecule has 0 aromatic heterocycles. The molecule has 22 heavy (non-hydrogen) atoms. The molecular formula is C15H25N3O4. The molecule has 0 bridgehead atoms. The van der Waals surface area contributed by atoms with Gasteiger partial charge in [0, 0.05) is 31.6 Å². The number of carbonyl (C=O) groups is 2. The first kappa shape index (κ1) is 16.9. The first-order chi connectivity index (χ1) is 10.5. The quantitative estimate of drug-likeness (QED) is 0.674. The van der Waals surface area contributed by atoms with E-state index >= 15 is 0 Å². The maximum absolute atomic E-state index is 12.0. The van der Waals surface area contributed by atoms with Crippen LogP contribution in [-0.2, 0) is 19.1 Å². The molecule has 3 N–H and O–H groups in total. The highest BCUT2D eigenvalue weighted by molar-refractivity contribution is 5.89. The van der Waals surface area contributed by atoms with E-state index in [1.54, 1.807) is 6.92 Å². The number of carbonyl (C=O) groups excluding carboxylic acids is 2. The average molecular weight is 311 g/mol. The van der Waals surface area contributed by atoms with Gasteiger partial charge in [0.2, 0.25) is 5.91 Å². The lowest BCUT2D eigenvalue weighted by molar-refractivity contribution is -0.138. The van der Waals surface area contributed by atoms with Gasteiger partial charge in [-0.2, -0.15) is 0 Å². The van der Waals surface area contributed by atoms with E-state index in [0.717, 1.165) is 13.1 Å². The summed E-state index contributed by atoms with van der Waals surface area (Å²) in [5.74, 6) is -0.441. The summed E-state index contributed by atoms with van der Waals surface area (Å²) in [6, 6.07) is -0.647. The molecule has 0 spiro atoms. The highest BCUT2D eigenvalue weighted by Crippen LogP contribution is 2.24. The Labute approximate surface area is 130 Å². The van der Waals surface area contributed by atoms with E-state index in [1.807, 2.05) is 6.08 Å². The maximum atomic E-state index is 12.0. The highest BCUT2D eigenvalue weighted by Gasteiger charge is 2.37. The Hall–Kier alpha value is -1.44. The fourth-order valence-corrected chi connectivity index (χ4v) is 3.02. The summed E-state index contributed by atoms with van der Waals surface area (Å²) < 4.78 is 10.5. The van der Waals surface area contributed by atoms with Crippen LogP contribution in [0.4, 0.5) is 0 Å². The summed E-state index contributed by atoms with van der Waals surface area (Å²) in [6.07, 6.45) is 2.30. The molecule has 7 nitrogen and oxygen atoms in total. The Morgan fingerprint density at radius 2 is 2.14 bits per heavy atom. The van der Waals surface area contributed by atoms with E-state index < -0.39 is 0 Å². The van der Waals surface area contributed by atoms with Crippen molar-refractivity contribution >= 4 is 11.9 Å². The molecule has 0 aromatic carbocycles. The minimum absolute atomic E-state index is 0.115. The van der Waals surface area contributed by atoms with E-state index in [-0.39, 0.29) is 30.0 Å². The van der Waals surface area contributed by atoms with Crippen LogP contribution < -0.4 is 11.1 Å². The van der Waals surface area contributed by atoms with E-state index in [1.165, 1.54) is 6.92 Å². The Morgan fingerprint density at radius 3 is 2.73 bits per heavy atom. The van der Waals surface area contributed by atoms with Gasteiger partial charge in [0.1, 0.15) is 0 Å². The van der Waals surface area contributed by atoms with Gasteiger partial charge in [-0.3, -0.25) is 9.69 Å². The zero-order chi connectivity index (χ0) is 16.1. The Kier molecular flexibility index (Phi) is 5.93. The van der Waals surface area contributed by atoms with Crippen LogP contribution >= 0.6 is 0 Å². The molecule has 0 saturated carbocycles.